The summed E-state index contributed by atoms with van der Waals surface area (Å²) in [7, 11) is -2.64. The minimum atomic E-state index is -4.16. The summed E-state index contributed by atoms with van der Waals surface area (Å²) in [5.41, 5.74) is 2.99. The molecule has 44 heavy (non-hydrogen) atoms. The number of amides is 2. The number of carbonyl (C=O) groups excluding carboxylic acids is 2. The van der Waals surface area contributed by atoms with Gasteiger partial charge in [0.2, 0.25) is 11.8 Å². The molecule has 1 N–H and O–H groups in total. The predicted octanol–water partition coefficient (Wildman–Crippen LogP) is 5.36. The van der Waals surface area contributed by atoms with Gasteiger partial charge in [-0.25, -0.2) is 8.42 Å². The second-order valence-corrected chi connectivity index (χ2v) is 12.7. The number of carbonyl (C=O) groups is 2. The van der Waals surface area contributed by atoms with Gasteiger partial charge < -0.3 is 15.0 Å². The van der Waals surface area contributed by atoms with E-state index in [0.29, 0.717) is 11.4 Å². The summed E-state index contributed by atoms with van der Waals surface area (Å²) in [6, 6.07) is 30.6. The van der Waals surface area contributed by atoms with Crippen LogP contribution in [0.1, 0.15) is 30.5 Å². The average molecular weight is 614 g/mol. The van der Waals surface area contributed by atoms with Crippen molar-refractivity contribution in [3.05, 3.63) is 126 Å². The number of anilines is 1. The van der Waals surface area contributed by atoms with Crippen molar-refractivity contribution in [2.24, 2.45) is 0 Å². The van der Waals surface area contributed by atoms with Gasteiger partial charge in [-0.15, -0.1) is 0 Å². The number of ether oxygens (including phenoxy) is 1. The predicted molar refractivity (Wildman–Crippen MR) is 173 cm³/mol. The Morgan fingerprint density at radius 2 is 1.41 bits per heavy atom. The fourth-order valence-corrected chi connectivity index (χ4v) is 6.34. The quantitative estimate of drug-likeness (QED) is 0.219. The van der Waals surface area contributed by atoms with E-state index in [1.165, 1.54) is 24.1 Å². The van der Waals surface area contributed by atoms with E-state index in [1.807, 2.05) is 75.4 Å². The number of sulfonamides is 1. The first-order chi connectivity index (χ1) is 21.1. The second-order valence-electron chi connectivity index (χ2n) is 10.8. The third kappa shape index (κ3) is 8.05. The van der Waals surface area contributed by atoms with E-state index in [-0.39, 0.29) is 29.8 Å². The summed E-state index contributed by atoms with van der Waals surface area (Å²) in [6.07, 6.45) is 0.255. The molecular formula is C35H39N3O5S. The molecule has 1 atom stereocenters. The van der Waals surface area contributed by atoms with Gasteiger partial charge in [0.05, 0.1) is 17.7 Å². The maximum absolute atomic E-state index is 14.5. The number of rotatable bonds is 13. The van der Waals surface area contributed by atoms with Crippen LogP contribution in [0.15, 0.2) is 114 Å². The van der Waals surface area contributed by atoms with Gasteiger partial charge in [0, 0.05) is 19.0 Å². The Balaban J connectivity index is 1.81. The average Bonchev–Trinajstić information content (AvgIpc) is 3.03. The van der Waals surface area contributed by atoms with Gasteiger partial charge in [-0.1, -0.05) is 72.8 Å². The highest BCUT2D eigenvalue weighted by Gasteiger charge is 2.35. The molecule has 0 heterocycles. The summed E-state index contributed by atoms with van der Waals surface area (Å²) in [4.78, 5) is 29.8. The molecule has 0 fully saturated rings. The number of hydrogen-bond acceptors (Lipinski definition) is 5. The highest BCUT2D eigenvalue weighted by Crippen LogP contribution is 2.27. The van der Waals surface area contributed by atoms with Crippen LogP contribution in [-0.2, 0) is 32.6 Å². The number of hydrogen-bond donors (Lipinski definition) is 1. The summed E-state index contributed by atoms with van der Waals surface area (Å²) in [6.45, 7) is 5.28. The smallest absolute Gasteiger partial charge is 0.264 e. The van der Waals surface area contributed by atoms with Gasteiger partial charge in [0.1, 0.15) is 18.3 Å². The van der Waals surface area contributed by atoms with Gasteiger partial charge in [-0.05, 0) is 73.9 Å². The summed E-state index contributed by atoms with van der Waals surface area (Å²) < 4.78 is 34.5. The first-order valence-electron chi connectivity index (χ1n) is 14.5. The molecule has 4 rings (SSSR count). The van der Waals surface area contributed by atoms with Crippen molar-refractivity contribution in [3.8, 4) is 5.75 Å². The SMILES string of the molecule is COc1ccc(N(CC(=O)N(Cc2ccccc2C)[C@H](Cc2ccccc2)C(=O)NC(C)C)S(=O)(=O)c2ccccc2)cc1. The van der Waals surface area contributed by atoms with E-state index in [9.17, 15) is 18.0 Å². The van der Waals surface area contributed by atoms with Crippen LogP contribution in [0.25, 0.3) is 0 Å². The third-order valence-corrected chi connectivity index (χ3v) is 9.06. The standard InChI is InChI=1S/C35H39N3O5S/c1-26(2)36-35(40)33(23-28-14-7-5-8-15-28)37(24-29-16-12-11-13-27(29)3)34(39)25-38(30-19-21-31(43-4)22-20-30)44(41,42)32-17-9-6-10-18-32/h5-22,26,33H,23-25H2,1-4H3,(H,36,40)/t33-/m1/s1. The lowest BCUT2D eigenvalue weighted by Crippen LogP contribution is -2.54. The van der Waals surface area contributed by atoms with Gasteiger partial charge in [0.15, 0.2) is 0 Å². The van der Waals surface area contributed by atoms with Crippen molar-refractivity contribution in [2.45, 2.75) is 50.7 Å². The van der Waals surface area contributed by atoms with E-state index < -0.39 is 28.5 Å². The van der Waals surface area contributed by atoms with Crippen LogP contribution in [0.4, 0.5) is 5.69 Å². The Bertz CT molecular complexity index is 1640. The molecule has 0 saturated heterocycles. The molecule has 0 unspecified atom stereocenters. The Morgan fingerprint density at radius 3 is 2.00 bits per heavy atom. The zero-order valence-electron chi connectivity index (χ0n) is 25.5. The fraction of sp³-hybridized carbons (Fsp3) is 0.257. The molecule has 2 amide bonds. The number of methoxy groups -OCH3 is 1. The minimum absolute atomic E-state index is 0.0486. The van der Waals surface area contributed by atoms with Crippen LogP contribution < -0.4 is 14.4 Å². The Morgan fingerprint density at radius 1 is 0.818 bits per heavy atom. The Labute approximate surface area is 260 Å². The van der Waals surface area contributed by atoms with Gasteiger partial charge in [0.25, 0.3) is 10.0 Å². The maximum atomic E-state index is 14.5. The van der Waals surface area contributed by atoms with Crippen LogP contribution in [0.5, 0.6) is 5.75 Å². The molecule has 0 bridgehead atoms. The van der Waals surface area contributed by atoms with E-state index in [4.69, 9.17) is 4.74 Å². The molecule has 0 spiro atoms. The molecular weight excluding hydrogens is 574 g/mol. The molecule has 230 valence electrons. The van der Waals surface area contributed by atoms with Gasteiger partial charge in [-0.2, -0.15) is 0 Å². The third-order valence-electron chi connectivity index (χ3n) is 7.27. The lowest BCUT2D eigenvalue weighted by Gasteiger charge is -2.34. The molecule has 0 radical (unpaired) electrons. The summed E-state index contributed by atoms with van der Waals surface area (Å²) >= 11 is 0. The lowest BCUT2D eigenvalue weighted by molar-refractivity contribution is -0.140. The number of nitrogens with zero attached hydrogens (tertiary/aromatic N) is 2. The van der Waals surface area contributed by atoms with Crippen LogP contribution >= 0.6 is 0 Å². The fourth-order valence-electron chi connectivity index (χ4n) is 4.90. The van der Waals surface area contributed by atoms with Crippen LogP contribution in [0, 0.1) is 6.92 Å². The molecule has 4 aromatic rings. The van der Waals surface area contributed by atoms with E-state index >= 15 is 0 Å². The Kier molecular flexibility index (Phi) is 10.8. The van der Waals surface area contributed by atoms with E-state index in [1.54, 1.807) is 42.5 Å². The minimum Gasteiger partial charge on any atom is -0.497 e. The van der Waals surface area contributed by atoms with Crippen molar-refractivity contribution in [2.75, 3.05) is 18.0 Å². The first-order valence-corrected chi connectivity index (χ1v) is 15.9. The maximum Gasteiger partial charge on any atom is 0.264 e. The molecule has 0 aliphatic carbocycles. The van der Waals surface area contributed by atoms with Crippen LogP contribution in [0.3, 0.4) is 0 Å². The van der Waals surface area contributed by atoms with Crippen molar-refractivity contribution in [1.29, 1.82) is 0 Å². The molecule has 0 saturated carbocycles. The van der Waals surface area contributed by atoms with Crippen molar-refractivity contribution >= 4 is 27.5 Å². The molecule has 9 heteroatoms. The van der Waals surface area contributed by atoms with Crippen LogP contribution in [0.2, 0.25) is 0 Å². The van der Waals surface area contributed by atoms with Gasteiger partial charge in [-0.3, -0.25) is 13.9 Å². The monoisotopic (exact) mass is 613 g/mol. The highest BCUT2D eigenvalue weighted by molar-refractivity contribution is 7.92. The molecule has 8 nitrogen and oxygen atoms in total. The topological polar surface area (TPSA) is 96.0 Å². The van der Waals surface area contributed by atoms with E-state index in [0.717, 1.165) is 21.0 Å². The number of benzene rings is 4. The normalized spacial score (nSPS) is 11.9. The number of nitrogens with one attached hydrogen (secondary N) is 1. The molecule has 4 aromatic carbocycles. The van der Waals surface area contributed by atoms with Crippen molar-refractivity contribution < 1.29 is 22.7 Å². The highest BCUT2D eigenvalue weighted by atomic mass is 32.2. The summed E-state index contributed by atoms with van der Waals surface area (Å²) in [5, 5.41) is 2.97. The summed E-state index contributed by atoms with van der Waals surface area (Å²) in [5.74, 6) is -0.275. The molecule has 0 aliphatic rings. The van der Waals surface area contributed by atoms with Crippen molar-refractivity contribution in [3.63, 3.8) is 0 Å². The van der Waals surface area contributed by atoms with Gasteiger partial charge >= 0.3 is 0 Å². The van der Waals surface area contributed by atoms with Crippen LogP contribution in [-0.4, -0.2) is 50.9 Å². The zero-order valence-corrected chi connectivity index (χ0v) is 26.3. The largest absolute Gasteiger partial charge is 0.497 e. The van der Waals surface area contributed by atoms with Crippen molar-refractivity contribution in [1.82, 2.24) is 10.2 Å². The lowest BCUT2D eigenvalue weighted by atomic mass is 10.0. The van der Waals surface area contributed by atoms with E-state index in [2.05, 4.69) is 5.32 Å². The first kappa shape index (κ1) is 32.3. The molecule has 0 aliphatic heterocycles. The Hall–Kier alpha value is -4.63. The second kappa shape index (κ2) is 14.7. The zero-order chi connectivity index (χ0) is 31.7. The number of aryl methyl sites for hydroxylation is 1. The molecule has 0 aromatic heterocycles.